The number of aryl methyl sites for hydroxylation is 1. The van der Waals surface area contributed by atoms with Gasteiger partial charge in [0.05, 0.1) is 6.61 Å². The van der Waals surface area contributed by atoms with Gasteiger partial charge in [-0.3, -0.25) is 4.90 Å². The highest BCUT2D eigenvalue weighted by molar-refractivity contribution is 5.85. The summed E-state index contributed by atoms with van der Waals surface area (Å²) >= 11 is 0. The topological polar surface area (TPSA) is 55.8 Å². The molecular formula is C25H27NO4. The van der Waals surface area contributed by atoms with Crippen LogP contribution < -0.4 is 0 Å². The Morgan fingerprint density at radius 3 is 2.47 bits per heavy atom. The molecule has 1 fully saturated rings. The van der Waals surface area contributed by atoms with Gasteiger partial charge in [0, 0.05) is 18.4 Å². The number of nitrogens with zero attached hydrogens (tertiary/aromatic N) is 1. The minimum atomic E-state index is -0.613. The van der Waals surface area contributed by atoms with Crippen LogP contribution in [0.3, 0.4) is 0 Å². The monoisotopic (exact) mass is 405 g/mol. The number of esters is 1. The first-order valence-electron chi connectivity index (χ1n) is 10.5. The number of amides is 1. The molecule has 3 atom stereocenters. The average Bonchev–Trinajstić information content (AvgIpc) is 3.33. The number of fused-ring (bicyclic) bond motifs is 1. The number of rotatable bonds is 5. The molecule has 30 heavy (non-hydrogen) atoms. The molecule has 2 aromatic carbocycles. The number of hydrogen-bond donors (Lipinski definition) is 0. The highest BCUT2D eigenvalue weighted by Crippen LogP contribution is 2.46. The lowest BCUT2D eigenvalue weighted by atomic mass is 9.87. The summed E-state index contributed by atoms with van der Waals surface area (Å²) in [5, 5.41) is 0. The largest absolute Gasteiger partial charge is 0.464 e. The van der Waals surface area contributed by atoms with E-state index in [-0.39, 0.29) is 31.0 Å². The molecule has 0 N–H and O–H groups in total. The van der Waals surface area contributed by atoms with E-state index in [1.165, 1.54) is 11.1 Å². The zero-order chi connectivity index (χ0) is 21.1. The average molecular weight is 405 g/mol. The van der Waals surface area contributed by atoms with Gasteiger partial charge in [-0.05, 0) is 37.0 Å². The summed E-state index contributed by atoms with van der Waals surface area (Å²) in [6, 6.07) is 17.3. The maximum Gasteiger partial charge on any atom is 0.410 e. The molecule has 5 nitrogen and oxygen atoms in total. The minimum Gasteiger partial charge on any atom is -0.464 e. The molecule has 2 aromatic rings. The fourth-order valence-corrected chi connectivity index (χ4v) is 4.55. The number of benzene rings is 2. The zero-order valence-electron chi connectivity index (χ0n) is 17.4. The van der Waals surface area contributed by atoms with Crippen molar-refractivity contribution in [2.24, 2.45) is 11.8 Å². The normalized spacial score (nSPS) is 22.4. The van der Waals surface area contributed by atoms with Crippen LogP contribution in [0.2, 0.25) is 0 Å². The highest BCUT2D eigenvalue weighted by atomic mass is 16.6. The van der Waals surface area contributed by atoms with E-state index >= 15 is 0 Å². The third-order valence-electron chi connectivity index (χ3n) is 6.01. The summed E-state index contributed by atoms with van der Waals surface area (Å²) in [7, 11) is 0. The lowest BCUT2D eigenvalue weighted by Gasteiger charge is -2.25. The van der Waals surface area contributed by atoms with Gasteiger partial charge in [-0.2, -0.15) is 0 Å². The van der Waals surface area contributed by atoms with Crippen LogP contribution in [-0.2, 0) is 20.9 Å². The second kappa shape index (κ2) is 8.74. The summed E-state index contributed by atoms with van der Waals surface area (Å²) < 4.78 is 10.9. The number of likely N-dealkylation sites (tertiary alicyclic amines) is 1. The van der Waals surface area contributed by atoms with Crippen molar-refractivity contribution in [3.63, 3.8) is 0 Å². The number of ether oxygens (including phenoxy) is 2. The lowest BCUT2D eigenvalue weighted by molar-refractivity contribution is -0.149. The molecule has 0 bridgehead atoms. The Labute approximate surface area is 177 Å². The summed E-state index contributed by atoms with van der Waals surface area (Å²) in [6.07, 6.45) is 2.49. The quantitative estimate of drug-likeness (QED) is 0.683. The fraction of sp³-hybridized carbons (Fsp3) is 0.360. The Morgan fingerprint density at radius 1 is 1.03 bits per heavy atom. The molecule has 0 radical (unpaired) electrons. The Hall–Kier alpha value is -3.08. The molecule has 0 unspecified atom stereocenters. The molecule has 1 amide bonds. The van der Waals surface area contributed by atoms with E-state index in [1.807, 2.05) is 30.3 Å². The molecule has 1 saturated heterocycles. The van der Waals surface area contributed by atoms with Crippen molar-refractivity contribution >= 4 is 17.6 Å². The zero-order valence-corrected chi connectivity index (χ0v) is 17.4. The first-order valence-corrected chi connectivity index (χ1v) is 10.5. The van der Waals surface area contributed by atoms with Crippen molar-refractivity contribution in [1.29, 1.82) is 0 Å². The number of carbonyl (C=O) groups is 2. The van der Waals surface area contributed by atoms with Crippen LogP contribution in [0, 0.1) is 18.8 Å². The standard InChI is InChI=1S/C25H27NO4/c1-3-29-24(27)23-21-14-13-20(19-11-9-17(2)10-12-19)22(21)15-26(23)25(28)30-16-18-7-5-4-6-8-18/h4-13,21-23H,3,14-16H2,1-2H3/t21-,22+,23-/m0/s1. The lowest BCUT2D eigenvalue weighted by Crippen LogP contribution is -2.44. The predicted molar refractivity (Wildman–Crippen MR) is 115 cm³/mol. The van der Waals surface area contributed by atoms with Gasteiger partial charge >= 0.3 is 12.1 Å². The van der Waals surface area contributed by atoms with Crippen molar-refractivity contribution in [2.75, 3.05) is 13.2 Å². The third kappa shape index (κ3) is 3.97. The molecule has 1 aliphatic carbocycles. The summed E-state index contributed by atoms with van der Waals surface area (Å²) in [5.41, 5.74) is 4.47. The van der Waals surface area contributed by atoms with Crippen LogP contribution in [0.15, 0.2) is 60.7 Å². The summed E-state index contributed by atoms with van der Waals surface area (Å²) in [6.45, 7) is 4.78. The number of allylic oxidation sites excluding steroid dienone is 1. The van der Waals surface area contributed by atoms with Crippen molar-refractivity contribution in [3.8, 4) is 0 Å². The van der Waals surface area contributed by atoms with Gasteiger partial charge in [-0.15, -0.1) is 0 Å². The van der Waals surface area contributed by atoms with Gasteiger partial charge < -0.3 is 9.47 Å². The van der Waals surface area contributed by atoms with Crippen LogP contribution >= 0.6 is 0 Å². The fourth-order valence-electron chi connectivity index (χ4n) is 4.55. The van der Waals surface area contributed by atoms with E-state index < -0.39 is 12.1 Å². The Morgan fingerprint density at radius 2 is 1.77 bits per heavy atom. The molecule has 2 aliphatic rings. The van der Waals surface area contributed by atoms with Gasteiger partial charge in [-0.25, -0.2) is 9.59 Å². The molecule has 5 heteroatoms. The summed E-state index contributed by atoms with van der Waals surface area (Å²) in [4.78, 5) is 27.3. The first-order chi connectivity index (χ1) is 14.6. The molecule has 0 spiro atoms. The van der Waals surface area contributed by atoms with Gasteiger partial charge in [0.25, 0.3) is 0 Å². The molecule has 0 aromatic heterocycles. The second-order valence-electron chi connectivity index (χ2n) is 7.92. The van der Waals surface area contributed by atoms with Crippen LogP contribution in [0.1, 0.15) is 30.0 Å². The molecule has 156 valence electrons. The van der Waals surface area contributed by atoms with Crippen LogP contribution in [0.5, 0.6) is 0 Å². The van der Waals surface area contributed by atoms with Gasteiger partial charge in [-0.1, -0.05) is 66.2 Å². The molecule has 1 aliphatic heterocycles. The molecule has 1 heterocycles. The maximum atomic E-state index is 12.9. The smallest absolute Gasteiger partial charge is 0.410 e. The highest BCUT2D eigenvalue weighted by Gasteiger charge is 2.51. The number of carbonyl (C=O) groups excluding carboxylic acids is 2. The van der Waals surface area contributed by atoms with Gasteiger partial charge in [0.1, 0.15) is 12.6 Å². The molecule has 0 saturated carbocycles. The van der Waals surface area contributed by atoms with Crippen LogP contribution in [-0.4, -0.2) is 36.2 Å². The third-order valence-corrected chi connectivity index (χ3v) is 6.01. The van der Waals surface area contributed by atoms with Crippen molar-refractivity contribution < 1.29 is 19.1 Å². The Bertz CT molecular complexity index is 935. The summed E-state index contributed by atoms with van der Waals surface area (Å²) in [5.74, 6) is -0.226. The van der Waals surface area contributed by atoms with Crippen molar-refractivity contribution in [2.45, 2.75) is 32.9 Å². The van der Waals surface area contributed by atoms with Gasteiger partial charge in [0.2, 0.25) is 0 Å². The Kier molecular flexibility index (Phi) is 5.88. The van der Waals surface area contributed by atoms with E-state index in [9.17, 15) is 9.59 Å². The number of hydrogen-bond acceptors (Lipinski definition) is 4. The van der Waals surface area contributed by atoms with Crippen LogP contribution in [0.25, 0.3) is 5.57 Å². The maximum absolute atomic E-state index is 12.9. The molecule has 4 rings (SSSR count). The van der Waals surface area contributed by atoms with Crippen molar-refractivity contribution in [3.05, 3.63) is 77.4 Å². The Balaban J connectivity index is 1.53. The van der Waals surface area contributed by atoms with E-state index in [1.54, 1.807) is 11.8 Å². The van der Waals surface area contributed by atoms with Crippen LogP contribution in [0.4, 0.5) is 4.79 Å². The predicted octanol–water partition coefficient (Wildman–Crippen LogP) is 4.60. The first kappa shape index (κ1) is 20.2. The second-order valence-corrected chi connectivity index (χ2v) is 7.92. The SMILES string of the molecule is CCOC(=O)[C@@H]1[C@H]2CC=C(c3ccc(C)cc3)[C@H]2CN1C(=O)OCc1ccccc1. The molecular weight excluding hydrogens is 378 g/mol. The van der Waals surface area contributed by atoms with E-state index in [2.05, 4.69) is 37.3 Å². The van der Waals surface area contributed by atoms with E-state index in [0.717, 1.165) is 17.5 Å². The van der Waals surface area contributed by atoms with E-state index in [0.29, 0.717) is 6.54 Å². The van der Waals surface area contributed by atoms with Gasteiger partial charge in [0.15, 0.2) is 0 Å². The van der Waals surface area contributed by atoms with Crippen molar-refractivity contribution in [1.82, 2.24) is 4.90 Å². The minimum absolute atomic E-state index is 0.0182. The van der Waals surface area contributed by atoms with E-state index in [4.69, 9.17) is 9.47 Å².